The standard InChI is InChI=1S/C13H15BrFN3/c1-8-6-10(17)4-5-18(8)11-3-2-9(7-16)12(14)13(11)15/h2-3,8,10H,4-6,17H2,1H3. The van der Waals surface area contributed by atoms with Gasteiger partial charge in [-0.2, -0.15) is 5.26 Å². The third-order valence-electron chi connectivity index (χ3n) is 3.41. The van der Waals surface area contributed by atoms with Crippen LogP contribution < -0.4 is 10.6 Å². The molecule has 1 fully saturated rings. The molecular formula is C13H15BrFN3. The molecule has 1 saturated heterocycles. The highest BCUT2D eigenvalue weighted by molar-refractivity contribution is 9.10. The second-order valence-corrected chi connectivity index (χ2v) is 5.49. The molecule has 2 N–H and O–H groups in total. The molecule has 0 radical (unpaired) electrons. The Bertz CT molecular complexity index is 498. The lowest BCUT2D eigenvalue weighted by Crippen LogP contribution is -2.46. The average Bonchev–Trinajstić information content (AvgIpc) is 2.34. The van der Waals surface area contributed by atoms with Crippen molar-refractivity contribution in [1.82, 2.24) is 0 Å². The minimum Gasteiger partial charge on any atom is -0.366 e. The monoisotopic (exact) mass is 311 g/mol. The molecule has 0 saturated carbocycles. The molecule has 2 atom stereocenters. The molecule has 2 rings (SSSR count). The number of nitriles is 1. The van der Waals surface area contributed by atoms with Crippen molar-refractivity contribution in [1.29, 1.82) is 5.26 Å². The fourth-order valence-electron chi connectivity index (χ4n) is 2.41. The van der Waals surface area contributed by atoms with Gasteiger partial charge in [0.2, 0.25) is 0 Å². The number of rotatable bonds is 1. The minimum absolute atomic E-state index is 0.195. The van der Waals surface area contributed by atoms with Gasteiger partial charge >= 0.3 is 0 Å². The highest BCUT2D eigenvalue weighted by atomic mass is 79.9. The van der Waals surface area contributed by atoms with E-state index in [0.717, 1.165) is 19.4 Å². The van der Waals surface area contributed by atoms with Gasteiger partial charge in [-0.15, -0.1) is 0 Å². The van der Waals surface area contributed by atoms with Gasteiger partial charge in [0.15, 0.2) is 5.82 Å². The first-order valence-corrected chi connectivity index (χ1v) is 6.74. The van der Waals surface area contributed by atoms with Crippen LogP contribution in [0, 0.1) is 17.1 Å². The van der Waals surface area contributed by atoms with E-state index in [1.807, 2.05) is 17.9 Å². The number of benzene rings is 1. The maximum absolute atomic E-state index is 14.2. The van der Waals surface area contributed by atoms with E-state index in [1.54, 1.807) is 12.1 Å². The topological polar surface area (TPSA) is 53.0 Å². The van der Waals surface area contributed by atoms with Crippen LogP contribution in [0.3, 0.4) is 0 Å². The minimum atomic E-state index is -0.364. The zero-order valence-corrected chi connectivity index (χ0v) is 11.7. The molecule has 18 heavy (non-hydrogen) atoms. The summed E-state index contributed by atoms with van der Waals surface area (Å²) in [6.45, 7) is 2.79. The predicted molar refractivity (Wildman–Crippen MR) is 72.8 cm³/mol. The zero-order valence-electron chi connectivity index (χ0n) is 10.2. The molecule has 1 aromatic carbocycles. The van der Waals surface area contributed by atoms with Crippen molar-refractivity contribution in [3.63, 3.8) is 0 Å². The van der Waals surface area contributed by atoms with Gasteiger partial charge < -0.3 is 10.6 Å². The van der Waals surface area contributed by atoms with Crippen LogP contribution in [-0.2, 0) is 0 Å². The molecule has 0 spiro atoms. The van der Waals surface area contributed by atoms with E-state index >= 15 is 0 Å². The Hall–Kier alpha value is -1.12. The lowest BCUT2D eigenvalue weighted by molar-refractivity contribution is 0.424. The van der Waals surface area contributed by atoms with Crippen molar-refractivity contribution in [2.24, 2.45) is 5.73 Å². The second-order valence-electron chi connectivity index (χ2n) is 4.70. The molecule has 1 heterocycles. The summed E-state index contributed by atoms with van der Waals surface area (Å²) in [5.41, 5.74) is 6.77. The van der Waals surface area contributed by atoms with Crippen molar-refractivity contribution >= 4 is 21.6 Å². The summed E-state index contributed by atoms with van der Waals surface area (Å²) in [6.07, 6.45) is 1.72. The first-order valence-electron chi connectivity index (χ1n) is 5.95. The van der Waals surface area contributed by atoms with Crippen LogP contribution in [0.25, 0.3) is 0 Å². The van der Waals surface area contributed by atoms with Gasteiger partial charge in [-0.1, -0.05) is 0 Å². The van der Waals surface area contributed by atoms with Crippen LogP contribution in [0.5, 0.6) is 0 Å². The van der Waals surface area contributed by atoms with Crippen LogP contribution in [0.1, 0.15) is 25.3 Å². The zero-order chi connectivity index (χ0) is 13.3. The molecule has 1 aliphatic heterocycles. The molecule has 0 amide bonds. The van der Waals surface area contributed by atoms with E-state index in [0.29, 0.717) is 11.3 Å². The lowest BCUT2D eigenvalue weighted by atomic mass is 9.98. The Kier molecular flexibility index (Phi) is 3.88. The molecule has 1 aromatic rings. The van der Waals surface area contributed by atoms with Gasteiger partial charge in [-0.3, -0.25) is 0 Å². The quantitative estimate of drug-likeness (QED) is 0.867. The SMILES string of the molecule is CC1CC(N)CCN1c1ccc(C#N)c(Br)c1F. The Morgan fingerprint density at radius 3 is 2.89 bits per heavy atom. The van der Waals surface area contributed by atoms with Gasteiger partial charge in [-0.25, -0.2) is 4.39 Å². The number of hydrogen-bond acceptors (Lipinski definition) is 3. The molecule has 3 nitrogen and oxygen atoms in total. The maximum atomic E-state index is 14.2. The summed E-state index contributed by atoms with van der Waals surface area (Å²) in [5.74, 6) is -0.364. The van der Waals surface area contributed by atoms with Gasteiger partial charge in [0, 0.05) is 18.6 Å². The summed E-state index contributed by atoms with van der Waals surface area (Å²) in [7, 11) is 0. The van der Waals surface area contributed by atoms with Crippen molar-refractivity contribution in [2.45, 2.75) is 31.8 Å². The molecule has 0 bridgehead atoms. The normalized spacial score (nSPS) is 23.8. The van der Waals surface area contributed by atoms with E-state index < -0.39 is 0 Å². The van der Waals surface area contributed by atoms with E-state index in [1.165, 1.54) is 0 Å². The smallest absolute Gasteiger partial charge is 0.161 e. The molecule has 0 aliphatic carbocycles. The fourth-order valence-corrected chi connectivity index (χ4v) is 2.84. The Morgan fingerprint density at radius 2 is 2.28 bits per heavy atom. The first kappa shape index (κ1) is 13.3. The van der Waals surface area contributed by atoms with Crippen molar-refractivity contribution in [3.05, 3.63) is 28.0 Å². The fraction of sp³-hybridized carbons (Fsp3) is 0.462. The number of piperidine rings is 1. The number of anilines is 1. The highest BCUT2D eigenvalue weighted by Crippen LogP contribution is 2.32. The van der Waals surface area contributed by atoms with E-state index in [-0.39, 0.29) is 22.4 Å². The number of nitrogens with zero attached hydrogens (tertiary/aromatic N) is 2. The van der Waals surface area contributed by atoms with Crippen LogP contribution in [0.4, 0.5) is 10.1 Å². The largest absolute Gasteiger partial charge is 0.366 e. The molecule has 0 aromatic heterocycles. The number of nitrogens with two attached hydrogens (primary N) is 1. The average molecular weight is 312 g/mol. The molecule has 5 heteroatoms. The maximum Gasteiger partial charge on any atom is 0.161 e. The molecule has 96 valence electrons. The third kappa shape index (κ3) is 2.36. The van der Waals surface area contributed by atoms with Gasteiger partial charge in [-0.05, 0) is 47.8 Å². The van der Waals surface area contributed by atoms with Crippen LogP contribution >= 0.6 is 15.9 Å². The van der Waals surface area contributed by atoms with Gasteiger partial charge in [0.1, 0.15) is 6.07 Å². The van der Waals surface area contributed by atoms with Crippen molar-refractivity contribution in [3.8, 4) is 6.07 Å². The Balaban J connectivity index is 2.35. The highest BCUT2D eigenvalue weighted by Gasteiger charge is 2.26. The molecule has 2 unspecified atom stereocenters. The summed E-state index contributed by atoms with van der Waals surface area (Å²) in [4.78, 5) is 2.02. The summed E-state index contributed by atoms with van der Waals surface area (Å²) in [5, 5.41) is 8.85. The lowest BCUT2D eigenvalue weighted by Gasteiger charge is -2.38. The predicted octanol–water partition coefficient (Wildman–Crippen LogP) is 2.78. The Labute approximate surface area is 115 Å². The number of halogens is 2. The van der Waals surface area contributed by atoms with Crippen LogP contribution in [0.15, 0.2) is 16.6 Å². The molecular weight excluding hydrogens is 297 g/mol. The first-order chi connectivity index (χ1) is 8.54. The summed E-state index contributed by atoms with van der Waals surface area (Å²) in [6, 6.07) is 5.68. The van der Waals surface area contributed by atoms with E-state index in [2.05, 4.69) is 15.9 Å². The molecule has 1 aliphatic rings. The van der Waals surface area contributed by atoms with E-state index in [9.17, 15) is 4.39 Å². The van der Waals surface area contributed by atoms with Crippen molar-refractivity contribution in [2.75, 3.05) is 11.4 Å². The van der Waals surface area contributed by atoms with Gasteiger partial charge in [0.25, 0.3) is 0 Å². The van der Waals surface area contributed by atoms with Gasteiger partial charge in [0.05, 0.1) is 15.7 Å². The Morgan fingerprint density at radius 1 is 1.56 bits per heavy atom. The summed E-state index contributed by atoms with van der Waals surface area (Å²) < 4.78 is 14.5. The van der Waals surface area contributed by atoms with Crippen molar-refractivity contribution < 1.29 is 4.39 Å². The van der Waals surface area contributed by atoms with Crippen LogP contribution in [0.2, 0.25) is 0 Å². The second kappa shape index (κ2) is 5.25. The number of hydrogen-bond donors (Lipinski definition) is 1. The van der Waals surface area contributed by atoms with Crippen LogP contribution in [-0.4, -0.2) is 18.6 Å². The third-order valence-corrected chi connectivity index (χ3v) is 4.18. The summed E-state index contributed by atoms with van der Waals surface area (Å²) >= 11 is 3.14. The van der Waals surface area contributed by atoms with E-state index in [4.69, 9.17) is 11.0 Å².